The van der Waals surface area contributed by atoms with Crippen molar-refractivity contribution in [2.24, 2.45) is 0 Å². The first-order valence-electron chi connectivity index (χ1n) is 6.07. The molecule has 0 aliphatic carbocycles. The number of carbonyl (C=O) groups is 2. The van der Waals surface area contributed by atoms with Gasteiger partial charge in [-0.05, 0) is 35.9 Å². The van der Waals surface area contributed by atoms with Crippen LogP contribution in [0.4, 0.5) is 14.5 Å². The number of hydrogen-bond donors (Lipinski definition) is 0. The molecular formula is C15H8BrF2NO2. The number of hydrogen-bond acceptors (Lipinski definition) is 2. The topological polar surface area (TPSA) is 37.4 Å². The van der Waals surface area contributed by atoms with Gasteiger partial charge in [-0.25, -0.2) is 8.78 Å². The van der Waals surface area contributed by atoms with Crippen LogP contribution in [0.15, 0.2) is 40.9 Å². The maximum Gasteiger partial charge on any atom is 0.299 e. The third-order valence-electron chi connectivity index (χ3n) is 3.26. The molecule has 0 unspecified atom stereocenters. The third kappa shape index (κ3) is 2.35. The maximum atomic E-state index is 13.2. The average molecular weight is 352 g/mol. The van der Waals surface area contributed by atoms with Gasteiger partial charge in [0.05, 0.1) is 17.8 Å². The van der Waals surface area contributed by atoms with Crippen LogP contribution in [0.1, 0.15) is 15.9 Å². The highest BCUT2D eigenvalue weighted by molar-refractivity contribution is 9.10. The zero-order valence-corrected chi connectivity index (χ0v) is 12.2. The molecule has 3 nitrogen and oxygen atoms in total. The van der Waals surface area contributed by atoms with Crippen LogP contribution in [0.3, 0.4) is 0 Å². The van der Waals surface area contributed by atoms with Crippen LogP contribution >= 0.6 is 15.9 Å². The summed E-state index contributed by atoms with van der Waals surface area (Å²) in [5, 5.41) is 0. The number of ketones is 1. The molecule has 0 fully saturated rings. The highest BCUT2D eigenvalue weighted by Gasteiger charge is 2.35. The van der Waals surface area contributed by atoms with Gasteiger partial charge in [-0.15, -0.1) is 0 Å². The molecule has 0 radical (unpaired) electrons. The Labute approximate surface area is 127 Å². The molecule has 0 saturated heterocycles. The second kappa shape index (κ2) is 5.04. The van der Waals surface area contributed by atoms with Gasteiger partial charge < -0.3 is 4.90 Å². The van der Waals surface area contributed by atoms with E-state index in [2.05, 4.69) is 15.9 Å². The Balaban J connectivity index is 1.98. The van der Waals surface area contributed by atoms with Crippen LogP contribution in [0.25, 0.3) is 0 Å². The van der Waals surface area contributed by atoms with E-state index in [1.165, 1.54) is 11.0 Å². The van der Waals surface area contributed by atoms with E-state index in [-0.39, 0.29) is 6.54 Å². The molecule has 2 aromatic carbocycles. The Bertz CT molecular complexity index is 776. The number of benzene rings is 2. The van der Waals surface area contributed by atoms with Crippen LogP contribution in [0.5, 0.6) is 0 Å². The lowest BCUT2D eigenvalue weighted by molar-refractivity contribution is -0.114. The number of halogens is 3. The van der Waals surface area contributed by atoms with Crippen molar-refractivity contribution in [1.82, 2.24) is 0 Å². The van der Waals surface area contributed by atoms with Crippen molar-refractivity contribution >= 4 is 33.3 Å². The molecule has 0 saturated carbocycles. The largest absolute Gasteiger partial charge is 0.300 e. The smallest absolute Gasteiger partial charge is 0.299 e. The number of Topliss-reactive ketones (excluding diaryl/α,β-unsaturated/α-hetero) is 1. The molecule has 1 amide bonds. The van der Waals surface area contributed by atoms with E-state index in [1.807, 2.05) is 0 Å². The molecule has 0 N–H and O–H groups in total. The standard InChI is InChI=1S/C15H8BrF2NO2/c16-9-2-4-13-10(6-9)14(20)15(21)19(13)7-8-1-3-11(17)12(18)5-8/h1-6H,7H2. The maximum absolute atomic E-state index is 13.2. The number of amides is 1. The van der Waals surface area contributed by atoms with E-state index in [0.717, 1.165) is 12.1 Å². The SMILES string of the molecule is O=C1C(=O)N(Cc2ccc(F)c(F)c2)c2ccc(Br)cc21. The van der Waals surface area contributed by atoms with Gasteiger partial charge in [-0.1, -0.05) is 22.0 Å². The summed E-state index contributed by atoms with van der Waals surface area (Å²) >= 11 is 3.24. The highest BCUT2D eigenvalue weighted by Crippen LogP contribution is 2.32. The van der Waals surface area contributed by atoms with Gasteiger partial charge in [0, 0.05) is 4.47 Å². The van der Waals surface area contributed by atoms with E-state index in [4.69, 9.17) is 0 Å². The first-order chi connectivity index (χ1) is 9.97. The quantitative estimate of drug-likeness (QED) is 0.777. The number of anilines is 1. The summed E-state index contributed by atoms with van der Waals surface area (Å²) in [4.78, 5) is 25.2. The van der Waals surface area contributed by atoms with E-state index in [9.17, 15) is 18.4 Å². The van der Waals surface area contributed by atoms with Gasteiger partial charge in [-0.2, -0.15) is 0 Å². The van der Waals surface area contributed by atoms with Crippen molar-refractivity contribution in [2.75, 3.05) is 4.90 Å². The first kappa shape index (κ1) is 13.9. The number of carbonyl (C=O) groups excluding carboxylic acids is 2. The summed E-state index contributed by atoms with van der Waals surface area (Å²) in [6.07, 6.45) is 0. The predicted octanol–water partition coefficient (Wildman–Crippen LogP) is 3.46. The number of nitrogens with zero attached hydrogens (tertiary/aromatic N) is 1. The minimum Gasteiger partial charge on any atom is -0.300 e. The molecule has 106 valence electrons. The third-order valence-corrected chi connectivity index (χ3v) is 3.75. The fourth-order valence-corrected chi connectivity index (χ4v) is 2.61. The number of fused-ring (bicyclic) bond motifs is 1. The van der Waals surface area contributed by atoms with Gasteiger partial charge in [0.1, 0.15) is 0 Å². The van der Waals surface area contributed by atoms with Gasteiger partial charge in [0.2, 0.25) is 0 Å². The van der Waals surface area contributed by atoms with Gasteiger partial charge in [0.15, 0.2) is 11.6 Å². The van der Waals surface area contributed by atoms with Crippen molar-refractivity contribution in [3.8, 4) is 0 Å². The molecule has 1 aliphatic heterocycles. The average Bonchev–Trinajstić information content (AvgIpc) is 2.68. The van der Waals surface area contributed by atoms with Gasteiger partial charge >= 0.3 is 0 Å². The molecule has 6 heteroatoms. The summed E-state index contributed by atoms with van der Waals surface area (Å²) < 4.78 is 26.8. The molecule has 0 atom stereocenters. The molecular weight excluding hydrogens is 344 g/mol. The fraction of sp³-hybridized carbons (Fsp3) is 0.0667. The first-order valence-corrected chi connectivity index (χ1v) is 6.86. The molecule has 1 heterocycles. The molecule has 1 aliphatic rings. The minimum absolute atomic E-state index is 0.0103. The predicted molar refractivity (Wildman–Crippen MR) is 76.0 cm³/mol. The van der Waals surface area contributed by atoms with Crippen molar-refractivity contribution in [3.63, 3.8) is 0 Å². The Hall–Kier alpha value is -2.08. The summed E-state index contributed by atoms with van der Waals surface area (Å²) in [5.41, 5.74) is 1.18. The van der Waals surface area contributed by atoms with E-state index < -0.39 is 23.3 Å². The Kier molecular flexibility index (Phi) is 3.33. The van der Waals surface area contributed by atoms with E-state index >= 15 is 0 Å². The molecule has 2 aromatic rings. The Morgan fingerprint density at radius 2 is 1.76 bits per heavy atom. The van der Waals surface area contributed by atoms with E-state index in [0.29, 0.717) is 21.3 Å². The van der Waals surface area contributed by atoms with Crippen LogP contribution in [0.2, 0.25) is 0 Å². The zero-order chi connectivity index (χ0) is 15.1. The lowest BCUT2D eigenvalue weighted by Crippen LogP contribution is -2.29. The monoisotopic (exact) mass is 351 g/mol. The summed E-state index contributed by atoms with van der Waals surface area (Å²) in [7, 11) is 0. The Morgan fingerprint density at radius 3 is 2.48 bits per heavy atom. The molecule has 0 spiro atoms. The van der Waals surface area contributed by atoms with Crippen LogP contribution in [0, 0.1) is 11.6 Å². The van der Waals surface area contributed by atoms with Crippen LogP contribution in [-0.4, -0.2) is 11.7 Å². The highest BCUT2D eigenvalue weighted by atomic mass is 79.9. The van der Waals surface area contributed by atoms with Gasteiger partial charge in [0.25, 0.3) is 11.7 Å². The minimum atomic E-state index is -0.985. The zero-order valence-electron chi connectivity index (χ0n) is 10.6. The lowest BCUT2D eigenvalue weighted by atomic mass is 10.1. The second-order valence-electron chi connectivity index (χ2n) is 4.63. The molecule has 3 rings (SSSR count). The Morgan fingerprint density at radius 1 is 1.00 bits per heavy atom. The molecule has 0 aromatic heterocycles. The van der Waals surface area contributed by atoms with Crippen molar-refractivity contribution in [2.45, 2.75) is 6.54 Å². The van der Waals surface area contributed by atoms with Crippen molar-refractivity contribution in [1.29, 1.82) is 0 Å². The van der Waals surface area contributed by atoms with Crippen molar-refractivity contribution < 1.29 is 18.4 Å². The fourth-order valence-electron chi connectivity index (χ4n) is 2.25. The summed E-state index contributed by atoms with van der Waals surface area (Å²) in [5.74, 6) is -3.21. The molecule has 21 heavy (non-hydrogen) atoms. The normalized spacial score (nSPS) is 13.8. The lowest BCUT2D eigenvalue weighted by Gasteiger charge is -2.16. The van der Waals surface area contributed by atoms with Crippen LogP contribution < -0.4 is 4.90 Å². The van der Waals surface area contributed by atoms with Gasteiger partial charge in [-0.3, -0.25) is 9.59 Å². The second-order valence-corrected chi connectivity index (χ2v) is 5.55. The van der Waals surface area contributed by atoms with E-state index in [1.54, 1.807) is 18.2 Å². The summed E-state index contributed by atoms with van der Waals surface area (Å²) in [6.45, 7) is 0.0103. The number of rotatable bonds is 2. The summed E-state index contributed by atoms with van der Waals surface area (Å²) in [6, 6.07) is 8.32. The van der Waals surface area contributed by atoms with Crippen molar-refractivity contribution in [3.05, 3.63) is 63.6 Å². The van der Waals surface area contributed by atoms with Crippen LogP contribution in [-0.2, 0) is 11.3 Å². The molecule has 0 bridgehead atoms.